The van der Waals surface area contributed by atoms with Crippen molar-refractivity contribution in [2.24, 2.45) is 0 Å². The Balaban J connectivity index is 1.70. The quantitative estimate of drug-likeness (QED) is 0.528. The van der Waals surface area contributed by atoms with E-state index in [0.717, 1.165) is 37.1 Å². The molecule has 0 aliphatic heterocycles. The van der Waals surface area contributed by atoms with E-state index in [1.165, 1.54) is 6.20 Å². The Morgan fingerprint density at radius 1 is 1.15 bits per heavy atom. The van der Waals surface area contributed by atoms with Crippen molar-refractivity contribution in [3.05, 3.63) is 59.0 Å². The highest BCUT2D eigenvalue weighted by molar-refractivity contribution is 6.01. The van der Waals surface area contributed by atoms with Crippen molar-refractivity contribution in [1.82, 2.24) is 25.1 Å². The van der Waals surface area contributed by atoms with Gasteiger partial charge in [0.05, 0.1) is 23.6 Å². The van der Waals surface area contributed by atoms with Crippen molar-refractivity contribution in [2.75, 3.05) is 11.9 Å². The average molecular weight is 449 g/mol. The number of carbonyl (C=O) groups excluding carboxylic acids is 2. The van der Waals surface area contributed by atoms with Gasteiger partial charge < -0.3 is 15.4 Å². The van der Waals surface area contributed by atoms with E-state index in [2.05, 4.69) is 25.7 Å². The van der Waals surface area contributed by atoms with Gasteiger partial charge in [0.1, 0.15) is 5.56 Å². The molecular weight excluding hydrogens is 420 g/mol. The van der Waals surface area contributed by atoms with Crippen LogP contribution in [0.25, 0.3) is 5.95 Å². The van der Waals surface area contributed by atoms with Gasteiger partial charge in [-0.1, -0.05) is 25.0 Å². The summed E-state index contributed by atoms with van der Waals surface area (Å²) >= 11 is 0. The second kappa shape index (κ2) is 9.81. The van der Waals surface area contributed by atoms with E-state index in [9.17, 15) is 9.59 Å². The molecule has 1 fully saturated rings. The van der Waals surface area contributed by atoms with E-state index in [1.807, 2.05) is 32.0 Å². The molecule has 1 aliphatic rings. The first-order chi connectivity index (χ1) is 16.0. The first-order valence-electron chi connectivity index (χ1n) is 11.2. The van der Waals surface area contributed by atoms with Crippen LogP contribution < -0.4 is 10.6 Å². The number of hydrogen-bond donors (Lipinski definition) is 2. The molecule has 9 heteroatoms. The maximum absolute atomic E-state index is 13.0. The molecule has 2 aromatic heterocycles. The third-order valence-electron chi connectivity index (χ3n) is 5.59. The number of ether oxygens (including phenoxy) is 1. The van der Waals surface area contributed by atoms with E-state index < -0.39 is 5.97 Å². The molecule has 0 saturated heterocycles. The van der Waals surface area contributed by atoms with Gasteiger partial charge >= 0.3 is 5.97 Å². The molecule has 0 spiro atoms. The first-order valence-corrected chi connectivity index (χ1v) is 11.2. The van der Waals surface area contributed by atoms with Gasteiger partial charge in [0, 0.05) is 17.9 Å². The molecule has 0 radical (unpaired) electrons. The summed E-state index contributed by atoms with van der Waals surface area (Å²) in [6, 6.07) is 9.27. The van der Waals surface area contributed by atoms with Crippen LogP contribution in [0.15, 0.2) is 36.5 Å². The SMILES string of the molecule is CCOC(=O)c1cnc(-n2nc(C)cc2C)nc1Nc1ccccc1C(=O)NC1CCCC1. The summed E-state index contributed by atoms with van der Waals surface area (Å²) < 4.78 is 6.79. The largest absolute Gasteiger partial charge is 0.462 e. The lowest BCUT2D eigenvalue weighted by molar-refractivity contribution is 0.0526. The van der Waals surface area contributed by atoms with Gasteiger partial charge in [0.15, 0.2) is 5.82 Å². The van der Waals surface area contributed by atoms with Gasteiger partial charge in [0.2, 0.25) is 0 Å². The van der Waals surface area contributed by atoms with Crippen LogP contribution in [-0.4, -0.2) is 44.3 Å². The summed E-state index contributed by atoms with van der Waals surface area (Å²) in [5.41, 5.74) is 2.88. The highest BCUT2D eigenvalue weighted by Crippen LogP contribution is 2.25. The van der Waals surface area contributed by atoms with Crippen LogP contribution in [-0.2, 0) is 4.74 Å². The van der Waals surface area contributed by atoms with E-state index in [-0.39, 0.29) is 29.9 Å². The lowest BCUT2D eigenvalue weighted by Crippen LogP contribution is -2.33. The molecular formula is C24H28N6O3. The minimum atomic E-state index is -0.548. The summed E-state index contributed by atoms with van der Waals surface area (Å²) in [4.78, 5) is 34.4. The second-order valence-corrected chi connectivity index (χ2v) is 8.12. The van der Waals surface area contributed by atoms with Crippen LogP contribution in [0.5, 0.6) is 0 Å². The maximum Gasteiger partial charge on any atom is 0.343 e. The standard InChI is InChI=1S/C24H28N6O3/c1-4-33-23(32)19-14-25-24(30-16(3)13-15(2)29-30)28-21(19)27-20-12-8-7-11-18(20)22(31)26-17-9-5-6-10-17/h7-8,11-14,17H,4-6,9-10H2,1-3H3,(H,26,31)(H,25,27,28). The number of nitrogens with zero attached hydrogens (tertiary/aromatic N) is 4. The zero-order valence-electron chi connectivity index (χ0n) is 19.1. The summed E-state index contributed by atoms with van der Waals surface area (Å²) in [6.07, 6.45) is 5.66. The van der Waals surface area contributed by atoms with Crippen LogP contribution in [0, 0.1) is 13.8 Å². The van der Waals surface area contributed by atoms with Gasteiger partial charge in [-0.3, -0.25) is 4.79 Å². The first kappa shape index (κ1) is 22.4. The minimum Gasteiger partial charge on any atom is -0.462 e. The Kier molecular flexibility index (Phi) is 6.67. The molecule has 3 aromatic rings. The number of carbonyl (C=O) groups is 2. The van der Waals surface area contributed by atoms with Crippen LogP contribution in [0.3, 0.4) is 0 Å². The third-order valence-corrected chi connectivity index (χ3v) is 5.59. The summed E-state index contributed by atoms with van der Waals surface area (Å²) in [6.45, 7) is 5.74. The molecule has 0 bridgehead atoms. The number of benzene rings is 1. The number of rotatable bonds is 7. The number of hydrogen-bond acceptors (Lipinski definition) is 7. The second-order valence-electron chi connectivity index (χ2n) is 8.12. The van der Waals surface area contributed by atoms with E-state index in [1.54, 1.807) is 23.7 Å². The molecule has 4 rings (SSSR count). The van der Waals surface area contributed by atoms with Crippen molar-refractivity contribution in [3.63, 3.8) is 0 Å². The Morgan fingerprint density at radius 3 is 2.61 bits per heavy atom. The van der Waals surface area contributed by atoms with Crippen molar-refractivity contribution in [1.29, 1.82) is 0 Å². The van der Waals surface area contributed by atoms with Crippen LogP contribution in [0.4, 0.5) is 11.5 Å². The number of esters is 1. The number of nitrogens with one attached hydrogen (secondary N) is 2. The number of anilines is 2. The Labute approximate surface area is 192 Å². The fourth-order valence-corrected chi connectivity index (χ4v) is 4.01. The highest BCUT2D eigenvalue weighted by Gasteiger charge is 2.22. The van der Waals surface area contributed by atoms with Crippen LogP contribution in [0.1, 0.15) is 64.7 Å². The van der Waals surface area contributed by atoms with Crippen molar-refractivity contribution < 1.29 is 14.3 Å². The lowest BCUT2D eigenvalue weighted by atomic mass is 10.1. The van der Waals surface area contributed by atoms with Gasteiger partial charge in [-0.05, 0) is 51.8 Å². The fraction of sp³-hybridized carbons (Fsp3) is 0.375. The smallest absolute Gasteiger partial charge is 0.343 e. The average Bonchev–Trinajstić information content (AvgIpc) is 3.43. The molecule has 0 unspecified atom stereocenters. The van der Waals surface area contributed by atoms with Gasteiger partial charge in [-0.25, -0.2) is 14.5 Å². The number of aryl methyl sites for hydroxylation is 2. The van der Waals surface area contributed by atoms with Crippen molar-refractivity contribution in [2.45, 2.75) is 52.5 Å². The maximum atomic E-state index is 13.0. The third kappa shape index (κ3) is 5.02. The Morgan fingerprint density at radius 2 is 1.91 bits per heavy atom. The molecule has 172 valence electrons. The molecule has 9 nitrogen and oxygen atoms in total. The summed E-state index contributed by atoms with van der Waals surface area (Å²) in [5, 5.41) is 10.7. The van der Waals surface area contributed by atoms with Crippen molar-refractivity contribution in [3.8, 4) is 5.95 Å². The molecule has 2 heterocycles. The minimum absolute atomic E-state index is 0.157. The fourth-order valence-electron chi connectivity index (χ4n) is 4.01. The lowest BCUT2D eigenvalue weighted by Gasteiger charge is -2.16. The van der Waals surface area contributed by atoms with Gasteiger partial charge in [0.25, 0.3) is 11.9 Å². The monoisotopic (exact) mass is 448 g/mol. The predicted molar refractivity (Wildman–Crippen MR) is 124 cm³/mol. The molecule has 1 aliphatic carbocycles. The zero-order chi connectivity index (χ0) is 23.4. The number of amides is 1. The van der Waals surface area contributed by atoms with Gasteiger partial charge in [-0.2, -0.15) is 10.1 Å². The Bertz CT molecular complexity index is 1170. The van der Waals surface area contributed by atoms with E-state index >= 15 is 0 Å². The number of aromatic nitrogens is 4. The Hall–Kier alpha value is -3.75. The van der Waals surface area contributed by atoms with Crippen LogP contribution >= 0.6 is 0 Å². The summed E-state index contributed by atoms with van der Waals surface area (Å²) in [7, 11) is 0. The zero-order valence-corrected chi connectivity index (χ0v) is 19.1. The normalized spacial score (nSPS) is 13.7. The molecule has 1 saturated carbocycles. The van der Waals surface area contributed by atoms with Crippen molar-refractivity contribution >= 4 is 23.4 Å². The summed E-state index contributed by atoms with van der Waals surface area (Å²) in [5.74, 6) is -0.153. The van der Waals surface area contributed by atoms with Gasteiger partial charge in [-0.15, -0.1) is 0 Å². The topological polar surface area (TPSA) is 111 Å². The molecule has 33 heavy (non-hydrogen) atoms. The number of para-hydroxylation sites is 1. The van der Waals surface area contributed by atoms with Crippen LogP contribution in [0.2, 0.25) is 0 Å². The molecule has 1 aromatic carbocycles. The predicted octanol–water partition coefficient (Wildman–Crippen LogP) is 3.87. The van der Waals surface area contributed by atoms with E-state index in [4.69, 9.17) is 4.74 Å². The molecule has 2 N–H and O–H groups in total. The molecule has 1 amide bonds. The highest BCUT2D eigenvalue weighted by atomic mass is 16.5. The van der Waals surface area contributed by atoms with E-state index in [0.29, 0.717) is 17.2 Å². The molecule has 0 atom stereocenters.